The summed E-state index contributed by atoms with van der Waals surface area (Å²) < 4.78 is 11.1. The molecule has 0 saturated carbocycles. The monoisotopic (exact) mass is 714 g/mol. The SMILES string of the molecule is O=C(N[C@H](Cc1ccccc1)C(=O)NCCOCCOCCNC(=O)[C@@H](Cc1ccccc1)NC(=O)c1cccc(O)c1O)c1cccc(O)c1O. The Labute approximate surface area is 300 Å². The normalized spacial score (nSPS) is 11.9. The van der Waals surface area contributed by atoms with Gasteiger partial charge in [-0.2, -0.15) is 0 Å². The van der Waals surface area contributed by atoms with E-state index < -0.39 is 58.7 Å². The number of carbonyl (C=O) groups is 4. The zero-order valence-electron chi connectivity index (χ0n) is 28.3. The van der Waals surface area contributed by atoms with Crippen LogP contribution in [0.3, 0.4) is 0 Å². The van der Waals surface area contributed by atoms with Gasteiger partial charge in [0, 0.05) is 25.9 Å². The molecule has 8 N–H and O–H groups in total. The summed E-state index contributed by atoms with van der Waals surface area (Å²) in [5, 5.41) is 50.4. The van der Waals surface area contributed by atoms with E-state index in [9.17, 15) is 39.6 Å². The third kappa shape index (κ3) is 11.7. The minimum Gasteiger partial charge on any atom is -0.504 e. The Morgan fingerprint density at radius 2 is 0.885 bits per heavy atom. The van der Waals surface area contributed by atoms with E-state index >= 15 is 0 Å². The van der Waals surface area contributed by atoms with Gasteiger partial charge >= 0.3 is 0 Å². The molecule has 0 radical (unpaired) electrons. The van der Waals surface area contributed by atoms with Gasteiger partial charge in [-0.1, -0.05) is 72.8 Å². The number of ether oxygens (including phenoxy) is 2. The van der Waals surface area contributed by atoms with E-state index in [1.54, 1.807) is 0 Å². The fourth-order valence-electron chi connectivity index (χ4n) is 5.08. The van der Waals surface area contributed by atoms with Gasteiger partial charge in [-0.3, -0.25) is 19.2 Å². The fraction of sp³-hybridized carbons (Fsp3) is 0.263. The van der Waals surface area contributed by atoms with Crippen molar-refractivity contribution < 1.29 is 49.1 Å². The molecule has 0 fully saturated rings. The van der Waals surface area contributed by atoms with Crippen LogP contribution in [-0.4, -0.2) is 95.7 Å². The number of carbonyl (C=O) groups excluding carboxylic acids is 4. The average molecular weight is 715 g/mol. The van der Waals surface area contributed by atoms with Crippen LogP contribution in [0, 0.1) is 0 Å². The summed E-state index contributed by atoms with van der Waals surface area (Å²) in [5.74, 6) is -4.45. The van der Waals surface area contributed by atoms with Gasteiger partial charge in [0.1, 0.15) is 12.1 Å². The van der Waals surface area contributed by atoms with Crippen LogP contribution in [0.5, 0.6) is 23.0 Å². The van der Waals surface area contributed by atoms with Gasteiger partial charge in [0.25, 0.3) is 11.8 Å². The third-order valence-corrected chi connectivity index (χ3v) is 7.79. The number of rotatable bonds is 19. The summed E-state index contributed by atoms with van der Waals surface area (Å²) in [5.41, 5.74) is 1.27. The summed E-state index contributed by atoms with van der Waals surface area (Å²) in [6.45, 7) is 0.988. The summed E-state index contributed by atoms with van der Waals surface area (Å²) in [6.07, 6.45) is 0.369. The minimum absolute atomic E-state index is 0.141. The molecule has 0 aliphatic rings. The first-order valence-corrected chi connectivity index (χ1v) is 16.6. The number of hydrogen-bond donors (Lipinski definition) is 8. The lowest BCUT2D eigenvalue weighted by atomic mass is 10.0. The number of phenolic OH excluding ortho intramolecular Hbond substituents is 4. The van der Waals surface area contributed by atoms with E-state index in [4.69, 9.17) is 9.47 Å². The maximum Gasteiger partial charge on any atom is 0.255 e. The van der Waals surface area contributed by atoms with Crippen molar-refractivity contribution in [1.29, 1.82) is 0 Å². The predicted molar refractivity (Wildman–Crippen MR) is 190 cm³/mol. The number of para-hydroxylation sites is 2. The smallest absolute Gasteiger partial charge is 0.255 e. The quantitative estimate of drug-likeness (QED) is 0.0523. The number of phenols is 4. The lowest BCUT2D eigenvalue weighted by Gasteiger charge is -2.19. The van der Waals surface area contributed by atoms with Gasteiger partial charge in [0.2, 0.25) is 11.8 Å². The molecule has 0 saturated heterocycles. The van der Waals surface area contributed by atoms with E-state index in [-0.39, 0.29) is 63.5 Å². The molecule has 4 aromatic carbocycles. The van der Waals surface area contributed by atoms with Crippen LogP contribution in [-0.2, 0) is 31.9 Å². The highest BCUT2D eigenvalue weighted by atomic mass is 16.5. The minimum atomic E-state index is -0.977. The molecule has 14 nitrogen and oxygen atoms in total. The van der Waals surface area contributed by atoms with Crippen molar-refractivity contribution in [2.45, 2.75) is 24.9 Å². The third-order valence-electron chi connectivity index (χ3n) is 7.79. The number of aromatic hydroxyl groups is 4. The van der Waals surface area contributed by atoms with E-state index in [0.29, 0.717) is 0 Å². The molecule has 52 heavy (non-hydrogen) atoms. The summed E-state index contributed by atoms with van der Waals surface area (Å²) in [6, 6.07) is 24.2. The highest BCUT2D eigenvalue weighted by Gasteiger charge is 2.25. The molecule has 0 spiro atoms. The number of amides is 4. The molecule has 0 aliphatic carbocycles. The maximum atomic E-state index is 13.0. The molecule has 0 aromatic heterocycles. The average Bonchev–Trinajstić information content (AvgIpc) is 3.14. The summed E-state index contributed by atoms with van der Waals surface area (Å²) in [4.78, 5) is 51.8. The van der Waals surface area contributed by atoms with Crippen LogP contribution >= 0.6 is 0 Å². The zero-order chi connectivity index (χ0) is 37.3. The van der Waals surface area contributed by atoms with Gasteiger partial charge in [-0.05, 0) is 35.4 Å². The Morgan fingerprint density at radius 3 is 1.27 bits per heavy atom. The Balaban J connectivity index is 1.17. The second-order valence-electron chi connectivity index (χ2n) is 11.6. The van der Waals surface area contributed by atoms with Crippen molar-refractivity contribution in [2.75, 3.05) is 39.5 Å². The van der Waals surface area contributed by atoms with E-state index in [0.717, 1.165) is 11.1 Å². The molecule has 0 unspecified atom stereocenters. The summed E-state index contributed by atoms with van der Waals surface area (Å²) in [7, 11) is 0. The maximum absolute atomic E-state index is 13.0. The van der Waals surface area contributed by atoms with E-state index in [1.807, 2.05) is 60.7 Å². The molecule has 4 amide bonds. The van der Waals surface area contributed by atoms with Crippen molar-refractivity contribution in [3.05, 3.63) is 119 Å². The number of nitrogens with one attached hydrogen (secondary N) is 4. The Kier molecular flexibility index (Phi) is 14.8. The standard InChI is InChI=1S/C38H42N4O10/c43-31-15-7-13-27(33(31)45)35(47)41-29(23-25-9-3-1-4-10-25)37(49)39-17-19-51-21-22-52-20-18-40-38(50)30(24-26-11-5-2-6-12-26)42-36(48)28-14-8-16-32(44)34(28)46/h1-16,29-30,43-46H,17-24H2,(H,39,49)(H,40,50)(H,41,47)(H,42,48)/t29-,30-/m1/s1. The molecule has 2 atom stereocenters. The Bertz CT molecular complexity index is 1660. The van der Waals surface area contributed by atoms with Crippen LogP contribution in [0.4, 0.5) is 0 Å². The summed E-state index contributed by atoms with van der Waals surface area (Å²) >= 11 is 0. The van der Waals surface area contributed by atoms with Gasteiger partial charge in [-0.15, -0.1) is 0 Å². The lowest BCUT2D eigenvalue weighted by molar-refractivity contribution is -0.124. The molecule has 4 rings (SSSR count). The van der Waals surface area contributed by atoms with Gasteiger partial charge in [0.05, 0.1) is 37.6 Å². The number of hydrogen-bond acceptors (Lipinski definition) is 10. The second kappa shape index (κ2) is 19.9. The molecule has 0 aliphatic heterocycles. The number of benzene rings is 4. The largest absolute Gasteiger partial charge is 0.504 e. The van der Waals surface area contributed by atoms with Crippen LogP contribution in [0.25, 0.3) is 0 Å². The first-order valence-electron chi connectivity index (χ1n) is 16.6. The predicted octanol–water partition coefficient (Wildman–Crippen LogP) is 2.16. The zero-order valence-corrected chi connectivity index (χ0v) is 28.3. The van der Waals surface area contributed by atoms with Crippen LogP contribution < -0.4 is 21.3 Å². The van der Waals surface area contributed by atoms with Gasteiger partial charge < -0.3 is 51.2 Å². The van der Waals surface area contributed by atoms with E-state index in [1.165, 1.54) is 36.4 Å². The Morgan fingerprint density at radius 1 is 0.500 bits per heavy atom. The Hall–Kier alpha value is -6.12. The highest BCUT2D eigenvalue weighted by Crippen LogP contribution is 2.29. The van der Waals surface area contributed by atoms with Crippen molar-refractivity contribution >= 4 is 23.6 Å². The van der Waals surface area contributed by atoms with Crippen molar-refractivity contribution in [3.8, 4) is 23.0 Å². The van der Waals surface area contributed by atoms with Crippen LogP contribution in [0.15, 0.2) is 97.1 Å². The molecule has 274 valence electrons. The highest BCUT2D eigenvalue weighted by molar-refractivity contribution is 6.01. The molecular formula is C38H42N4O10. The van der Waals surface area contributed by atoms with Crippen LogP contribution in [0.2, 0.25) is 0 Å². The fourth-order valence-corrected chi connectivity index (χ4v) is 5.08. The van der Waals surface area contributed by atoms with Crippen LogP contribution in [0.1, 0.15) is 31.8 Å². The van der Waals surface area contributed by atoms with E-state index in [2.05, 4.69) is 21.3 Å². The lowest BCUT2D eigenvalue weighted by Crippen LogP contribution is -2.48. The molecule has 14 heteroatoms. The molecule has 0 heterocycles. The first kappa shape index (κ1) is 38.7. The first-order chi connectivity index (χ1) is 25.1. The van der Waals surface area contributed by atoms with Crippen molar-refractivity contribution in [2.24, 2.45) is 0 Å². The van der Waals surface area contributed by atoms with Gasteiger partial charge in [0.15, 0.2) is 23.0 Å². The van der Waals surface area contributed by atoms with Crippen molar-refractivity contribution in [3.63, 3.8) is 0 Å². The molecule has 4 aromatic rings. The molecule has 0 bridgehead atoms. The van der Waals surface area contributed by atoms with Gasteiger partial charge in [-0.25, -0.2) is 0 Å². The molecular weight excluding hydrogens is 672 g/mol. The second-order valence-corrected chi connectivity index (χ2v) is 11.6. The van der Waals surface area contributed by atoms with Crippen molar-refractivity contribution in [1.82, 2.24) is 21.3 Å². The topological polar surface area (TPSA) is 216 Å².